The summed E-state index contributed by atoms with van der Waals surface area (Å²) in [6.07, 6.45) is -5.06. The van der Waals surface area contributed by atoms with E-state index in [0.29, 0.717) is 12.0 Å². The van der Waals surface area contributed by atoms with Crippen LogP contribution in [0.2, 0.25) is 0 Å². The monoisotopic (exact) mass is 374 g/mol. The Bertz CT molecular complexity index is 600. The van der Waals surface area contributed by atoms with Gasteiger partial charge in [-0.1, -0.05) is 6.08 Å². The first-order valence-corrected chi connectivity index (χ1v) is 8.15. The molecule has 8 unspecified atom stereocenters. The van der Waals surface area contributed by atoms with E-state index in [9.17, 15) is 30.3 Å². The summed E-state index contributed by atoms with van der Waals surface area (Å²) < 4.78 is 21.3. The molecule has 146 valence electrons. The number of methoxy groups -OCH3 is 1. The van der Waals surface area contributed by atoms with Crippen molar-refractivity contribution in [2.75, 3.05) is 13.7 Å². The van der Waals surface area contributed by atoms with Gasteiger partial charge in [0.1, 0.15) is 18.3 Å². The van der Waals surface area contributed by atoms with Gasteiger partial charge >= 0.3 is 5.97 Å². The van der Waals surface area contributed by atoms with Crippen LogP contribution < -0.4 is 0 Å². The average molecular weight is 374 g/mol. The van der Waals surface area contributed by atoms with Gasteiger partial charge in [-0.25, -0.2) is 4.79 Å². The largest absolute Gasteiger partial charge is 0.478 e. The molecule has 3 aliphatic rings. The zero-order valence-electron chi connectivity index (χ0n) is 14.0. The minimum Gasteiger partial charge on any atom is -0.478 e. The lowest BCUT2D eigenvalue weighted by Gasteiger charge is -2.42. The standard InChI is InChI=1S/C16H22O10/c1-23-15-11(19)10(18)12(20)16(26-15)25-14-9-6(4-17)2-3-7(9)8(5-24-14)13(21)22/h2,5,7,9-12,14-20H,3-4H2,1H3,(H,21,22). The lowest BCUT2D eigenvalue weighted by atomic mass is 9.83. The topological polar surface area (TPSA) is 155 Å². The van der Waals surface area contributed by atoms with E-state index in [1.54, 1.807) is 6.08 Å². The average Bonchev–Trinajstić information content (AvgIpc) is 3.06. The Morgan fingerprint density at radius 3 is 2.50 bits per heavy atom. The number of aliphatic hydroxyl groups is 4. The lowest BCUT2D eigenvalue weighted by Crippen LogP contribution is -2.59. The maximum Gasteiger partial charge on any atom is 0.335 e. The van der Waals surface area contributed by atoms with Crippen molar-refractivity contribution in [3.05, 3.63) is 23.5 Å². The van der Waals surface area contributed by atoms with Crippen LogP contribution in [0.4, 0.5) is 0 Å². The number of allylic oxidation sites excluding steroid dienone is 1. The summed E-state index contributed by atoms with van der Waals surface area (Å²) >= 11 is 0. The molecule has 0 aromatic carbocycles. The Morgan fingerprint density at radius 1 is 1.19 bits per heavy atom. The maximum atomic E-state index is 11.4. The van der Waals surface area contributed by atoms with Gasteiger partial charge in [0, 0.05) is 13.0 Å². The summed E-state index contributed by atoms with van der Waals surface area (Å²) in [7, 11) is 1.26. The molecule has 2 aliphatic heterocycles. The Labute approximate surface area is 148 Å². The number of ether oxygens (including phenoxy) is 4. The Kier molecular flexibility index (Phi) is 5.63. The van der Waals surface area contributed by atoms with E-state index in [4.69, 9.17) is 18.9 Å². The summed E-state index contributed by atoms with van der Waals surface area (Å²) in [5.41, 5.74) is 0.617. The molecule has 0 spiro atoms. The molecular formula is C16H22O10. The summed E-state index contributed by atoms with van der Waals surface area (Å²) in [5.74, 6) is -2.17. The van der Waals surface area contributed by atoms with Crippen molar-refractivity contribution in [1.82, 2.24) is 0 Å². The van der Waals surface area contributed by atoms with Gasteiger partial charge in [0.25, 0.3) is 0 Å². The van der Waals surface area contributed by atoms with Gasteiger partial charge in [0.05, 0.1) is 24.4 Å². The van der Waals surface area contributed by atoms with E-state index in [1.807, 2.05) is 0 Å². The first kappa shape index (κ1) is 19.2. The van der Waals surface area contributed by atoms with Crippen molar-refractivity contribution in [2.24, 2.45) is 11.8 Å². The molecule has 3 rings (SSSR count). The Balaban J connectivity index is 1.80. The number of rotatable bonds is 5. The second-order valence-corrected chi connectivity index (χ2v) is 6.40. The summed E-state index contributed by atoms with van der Waals surface area (Å²) in [4.78, 5) is 11.4. The zero-order chi connectivity index (χ0) is 19.0. The van der Waals surface area contributed by atoms with Gasteiger partial charge < -0.3 is 44.5 Å². The smallest absolute Gasteiger partial charge is 0.335 e. The highest BCUT2D eigenvalue weighted by Crippen LogP contribution is 2.44. The van der Waals surface area contributed by atoms with Gasteiger partial charge in [-0.2, -0.15) is 0 Å². The van der Waals surface area contributed by atoms with Crippen molar-refractivity contribution >= 4 is 5.97 Å². The molecule has 0 saturated carbocycles. The quantitative estimate of drug-likeness (QED) is 0.351. The molecule has 0 bridgehead atoms. The van der Waals surface area contributed by atoms with Crippen molar-refractivity contribution in [3.63, 3.8) is 0 Å². The molecule has 0 amide bonds. The minimum absolute atomic E-state index is 0.0601. The predicted molar refractivity (Wildman–Crippen MR) is 82.1 cm³/mol. The zero-order valence-corrected chi connectivity index (χ0v) is 14.0. The van der Waals surface area contributed by atoms with Gasteiger partial charge in [-0.3, -0.25) is 0 Å². The molecule has 1 aliphatic carbocycles. The summed E-state index contributed by atoms with van der Waals surface area (Å²) in [6.45, 7) is -0.298. The molecule has 2 heterocycles. The Hall–Kier alpha value is -1.53. The van der Waals surface area contributed by atoms with E-state index >= 15 is 0 Å². The third-order valence-corrected chi connectivity index (χ3v) is 4.97. The fourth-order valence-electron chi connectivity index (χ4n) is 3.57. The fraction of sp³-hybridized carbons (Fsp3) is 0.688. The van der Waals surface area contributed by atoms with Crippen LogP contribution >= 0.6 is 0 Å². The van der Waals surface area contributed by atoms with Crippen molar-refractivity contribution in [3.8, 4) is 0 Å². The number of carboxylic acid groups (broad SMARTS) is 1. The number of hydrogen-bond acceptors (Lipinski definition) is 9. The predicted octanol–water partition coefficient (Wildman–Crippen LogP) is -1.71. The van der Waals surface area contributed by atoms with Crippen LogP contribution in [0.5, 0.6) is 0 Å². The van der Waals surface area contributed by atoms with Crippen molar-refractivity contribution in [1.29, 1.82) is 0 Å². The number of aliphatic carboxylic acids is 1. The normalized spacial score (nSPS) is 42.5. The Morgan fingerprint density at radius 2 is 1.88 bits per heavy atom. The first-order valence-electron chi connectivity index (χ1n) is 8.15. The highest BCUT2D eigenvalue weighted by molar-refractivity contribution is 5.87. The molecule has 10 heteroatoms. The highest BCUT2D eigenvalue weighted by Gasteiger charge is 2.49. The number of carboxylic acids is 1. The van der Waals surface area contributed by atoms with Gasteiger partial charge in [0.2, 0.25) is 6.29 Å². The number of carbonyl (C=O) groups is 1. The highest BCUT2D eigenvalue weighted by atomic mass is 16.8. The molecule has 5 N–H and O–H groups in total. The lowest BCUT2D eigenvalue weighted by molar-refractivity contribution is -0.372. The maximum absolute atomic E-state index is 11.4. The van der Waals surface area contributed by atoms with Crippen molar-refractivity contribution in [2.45, 2.75) is 43.6 Å². The van der Waals surface area contributed by atoms with E-state index in [2.05, 4.69) is 0 Å². The van der Waals surface area contributed by atoms with E-state index in [0.717, 1.165) is 6.26 Å². The van der Waals surface area contributed by atoms with Crippen LogP contribution in [0.25, 0.3) is 0 Å². The fourth-order valence-corrected chi connectivity index (χ4v) is 3.57. The first-order chi connectivity index (χ1) is 12.4. The third kappa shape index (κ3) is 3.25. The molecular weight excluding hydrogens is 352 g/mol. The molecule has 1 saturated heterocycles. The van der Waals surface area contributed by atoms with Gasteiger partial charge in [0.15, 0.2) is 12.6 Å². The van der Waals surface area contributed by atoms with Crippen LogP contribution in [-0.2, 0) is 23.7 Å². The molecule has 8 atom stereocenters. The van der Waals surface area contributed by atoms with Crippen LogP contribution in [0.3, 0.4) is 0 Å². The van der Waals surface area contributed by atoms with Crippen LogP contribution in [0, 0.1) is 11.8 Å². The molecule has 1 fully saturated rings. The van der Waals surface area contributed by atoms with Crippen molar-refractivity contribution < 1.29 is 49.3 Å². The van der Waals surface area contributed by atoms with E-state index in [-0.39, 0.29) is 12.2 Å². The minimum atomic E-state index is -1.58. The molecule has 26 heavy (non-hydrogen) atoms. The molecule has 0 radical (unpaired) electrons. The van der Waals surface area contributed by atoms with Crippen LogP contribution in [-0.4, -0.2) is 82.4 Å². The molecule has 0 aromatic rings. The van der Waals surface area contributed by atoms with Gasteiger partial charge in [-0.15, -0.1) is 0 Å². The van der Waals surface area contributed by atoms with E-state index in [1.165, 1.54) is 7.11 Å². The number of fused-ring (bicyclic) bond motifs is 1. The molecule has 0 aromatic heterocycles. The molecule has 10 nitrogen and oxygen atoms in total. The number of hydrogen-bond donors (Lipinski definition) is 5. The second kappa shape index (κ2) is 7.61. The third-order valence-electron chi connectivity index (χ3n) is 4.97. The number of aliphatic hydroxyl groups excluding tert-OH is 4. The summed E-state index contributed by atoms with van der Waals surface area (Å²) in [6, 6.07) is 0. The second-order valence-electron chi connectivity index (χ2n) is 6.40. The SMILES string of the molecule is COC1OC(OC2OC=C(C(=O)O)C3CC=C(CO)C23)C(O)C(O)C1O. The summed E-state index contributed by atoms with van der Waals surface area (Å²) in [5, 5.41) is 48.7. The van der Waals surface area contributed by atoms with E-state index < -0.39 is 55.0 Å². The van der Waals surface area contributed by atoms with Crippen LogP contribution in [0.1, 0.15) is 6.42 Å². The van der Waals surface area contributed by atoms with Gasteiger partial charge in [-0.05, 0) is 12.0 Å². The van der Waals surface area contributed by atoms with Crippen LogP contribution in [0.15, 0.2) is 23.5 Å².